The predicted octanol–water partition coefficient (Wildman–Crippen LogP) is 3.56. The number of nitrogens with one attached hydrogen (secondary N) is 2. The number of carbonyl (C=O) groups is 1. The van der Waals surface area contributed by atoms with E-state index in [1.807, 2.05) is 18.5 Å². The molecule has 0 bridgehead atoms. The predicted molar refractivity (Wildman–Crippen MR) is 112 cm³/mol. The van der Waals surface area contributed by atoms with Gasteiger partial charge in [0.05, 0.1) is 18.1 Å². The molecule has 0 radical (unpaired) electrons. The lowest BCUT2D eigenvalue weighted by atomic mass is 10.0. The SMILES string of the molecule is CCSc1nc(NCC(C)C)c2cnn(CCNC(=O)C(CC)CC)c2n1. The van der Waals surface area contributed by atoms with Crippen LogP contribution in [0.5, 0.6) is 0 Å². The lowest BCUT2D eigenvalue weighted by Crippen LogP contribution is -2.32. The van der Waals surface area contributed by atoms with Crippen molar-refractivity contribution in [2.45, 2.75) is 59.2 Å². The van der Waals surface area contributed by atoms with Crippen LogP contribution < -0.4 is 10.6 Å². The van der Waals surface area contributed by atoms with Crippen LogP contribution in [0.4, 0.5) is 5.82 Å². The Kier molecular flexibility index (Phi) is 8.34. The molecule has 1 amide bonds. The van der Waals surface area contributed by atoms with E-state index in [1.54, 1.807) is 18.0 Å². The Bertz CT molecular complexity index is 741. The van der Waals surface area contributed by atoms with E-state index in [1.165, 1.54) is 0 Å². The number of hydrogen-bond acceptors (Lipinski definition) is 6. The molecule has 2 N–H and O–H groups in total. The van der Waals surface area contributed by atoms with E-state index >= 15 is 0 Å². The van der Waals surface area contributed by atoms with Crippen LogP contribution in [0, 0.1) is 11.8 Å². The van der Waals surface area contributed by atoms with Crippen LogP contribution in [0.3, 0.4) is 0 Å². The number of nitrogens with zero attached hydrogens (tertiary/aromatic N) is 4. The topological polar surface area (TPSA) is 84.7 Å². The summed E-state index contributed by atoms with van der Waals surface area (Å²) >= 11 is 1.62. The molecular weight excluding hydrogens is 360 g/mol. The van der Waals surface area contributed by atoms with Gasteiger partial charge in [-0.2, -0.15) is 5.10 Å². The third-order valence-corrected chi connectivity index (χ3v) is 5.14. The van der Waals surface area contributed by atoms with E-state index < -0.39 is 0 Å². The highest BCUT2D eigenvalue weighted by Gasteiger charge is 2.15. The van der Waals surface area contributed by atoms with Gasteiger partial charge in [0.15, 0.2) is 10.8 Å². The summed E-state index contributed by atoms with van der Waals surface area (Å²) in [5, 5.41) is 12.6. The molecule has 2 rings (SSSR count). The standard InChI is InChI=1S/C19H32N6OS/c1-6-14(7-2)18(26)20-9-10-25-17-15(12-22-25)16(21-11-13(4)5)23-19(24-17)27-8-3/h12-14H,6-11H2,1-5H3,(H,20,26)(H,21,23,24). The number of hydrogen-bond donors (Lipinski definition) is 2. The van der Waals surface area contributed by atoms with Gasteiger partial charge in [-0.25, -0.2) is 14.6 Å². The van der Waals surface area contributed by atoms with E-state index in [4.69, 9.17) is 0 Å². The number of aromatic nitrogens is 4. The third kappa shape index (κ3) is 5.82. The fourth-order valence-corrected chi connectivity index (χ4v) is 3.38. The summed E-state index contributed by atoms with van der Waals surface area (Å²) in [7, 11) is 0. The maximum Gasteiger partial charge on any atom is 0.223 e. The van der Waals surface area contributed by atoms with Crippen LogP contribution in [0.15, 0.2) is 11.4 Å². The van der Waals surface area contributed by atoms with Crippen molar-refractivity contribution in [3.8, 4) is 0 Å². The first-order valence-electron chi connectivity index (χ1n) is 9.87. The van der Waals surface area contributed by atoms with Gasteiger partial charge in [0, 0.05) is 19.0 Å². The average Bonchev–Trinajstić information content (AvgIpc) is 3.04. The zero-order valence-corrected chi connectivity index (χ0v) is 17.9. The van der Waals surface area contributed by atoms with Crippen LogP contribution in [-0.2, 0) is 11.3 Å². The van der Waals surface area contributed by atoms with Crippen molar-refractivity contribution in [1.29, 1.82) is 0 Å². The van der Waals surface area contributed by atoms with Gasteiger partial charge in [0.2, 0.25) is 5.91 Å². The maximum absolute atomic E-state index is 12.2. The van der Waals surface area contributed by atoms with Crippen LogP contribution in [0.1, 0.15) is 47.5 Å². The number of thioether (sulfide) groups is 1. The second kappa shape index (κ2) is 10.5. The van der Waals surface area contributed by atoms with Gasteiger partial charge in [-0.15, -0.1) is 0 Å². The third-order valence-electron chi connectivity index (χ3n) is 4.41. The number of anilines is 1. The largest absolute Gasteiger partial charge is 0.369 e. The Balaban J connectivity index is 2.16. The molecule has 0 aliphatic rings. The molecule has 0 unspecified atom stereocenters. The molecule has 0 atom stereocenters. The fraction of sp³-hybridized carbons (Fsp3) is 0.684. The quantitative estimate of drug-likeness (QED) is 0.449. The highest BCUT2D eigenvalue weighted by molar-refractivity contribution is 7.99. The van der Waals surface area contributed by atoms with Gasteiger partial charge in [0.25, 0.3) is 0 Å². The molecule has 0 saturated carbocycles. The van der Waals surface area contributed by atoms with Crippen molar-refractivity contribution in [2.75, 3.05) is 24.2 Å². The van der Waals surface area contributed by atoms with Crippen molar-refractivity contribution in [3.63, 3.8) is 0 Å². The highest BCUT2D eigenvalue weighted by atomic mass is 32.2. The Hall–Kier alpha value is -1.83. The monoisotopic (exact) mass is 392 g/mol. The summed E-state index contributed by atoms with van der Waals surface area (Å²) in [5.74, 6) is 2.47. The summed E-state index contributed by atoms with van der Waals surface area (Å²) in [6.07, 6.45) is 3.53. The summed E-state index contributed by atoms with van der Waals surface area (Å²) in [6.45, 7) is 12.5. The molecule has 2 aromatic heterocycles. The molecule has 0 aliphatic heterocycles. The molecule has 0 saturated heterocycles. The molecule has 27 heavy (non-hydrogen) atoms. The Morgan fingerprint density at radius 1 is 1.22 bits per heavy atom. The van der Waals surface area contributed by atoms with E-state index in [2.05, 4.69) is 46.5 Å². The second-order valence-corrected chi connectivity index (χ2v) is 8.20. The normalized spacial score (nSPS) is 11.5. The van der Waals surface area contributed by atoms with Crippen molar-refractivity contribution >= 4 is 34.5 Å². The zero-order chi connectivity index (χ0) is 19.8. The minimum Gasteiger partial charge on any atom is -0.369 e. The van der Waals surface area contributed by atoms with Crippen LogP contribution in [0.2, 0.25) is 0 Å². The Morgan fingerprint density at radius 3 is 2.59 bits per heavy atom. The molecule has 2 heterocycles. The summed E-state index contributed by atoms with van der Waals surface area (Å²) in [6, 6.07) is 0. The molecular formula is C19H32N6OS. The summed E-state index contributed by atoms with van der Waals surface area (Å²) < 4.78 is 1.85. The van der Waals surface area contributed by atoms with Crippen LogP contribution in [-0.4, -0.2) is 44.5 Å². The van der Waals surface area contributed by atoms with E-state index in [0.29, 0.717) is 19.0 Å². The van der Waals surface area contributed by atoms with Gasteiger partial charge in [-0.3, -0.25) is 4.79 Å². The Morgan fingerprint density at radius 2 is 1.96 bits per heavy atom. The second-order valence-electron chi connectivity index (χ2n) is 6.97. The van der Waals surface area contributed by atoms with Gasteiger partial charge >= 0.3 is 0 Å². The first kappa shape index (κ1) is 21.5. The summed E-state index contributed by atoms with van der Waals surface area (Å²) in [4.78, 5) is 21.5. The van der Waals surface area contributed by atoms with Crippen molar-refractivity contribution in [2.24, 2.45) is 11.8 Å². The van der Waals surface area contributed by atoms with Crippen molar-refractivity contribution < 1.29 is 4.79 Å². The van der Waals surface area contributed by atoms with E-state index in [-0.39, 0.29) is 11.8 Å². The van der Waals surface area contributed by atoms with Crippen LogP contribution >= 0.6 is 11.8 Å². The summed E-state index contributed by atoms with van der Waals surface area (Å²) in [5.41, 5.74) is 0.809. The Labute approximate surface area is 166 Å². The first-order valence-corrected chi connectivity index (χ1v) is 10.9. The van der Waals surface area contributed by atoms with Crippen molar-refractivity contribution in [3.05, 3.63) is 6.20 Å². The lowest BCUT2D eigenvalue weighted by Gasteiger charge is -2.13. The molecule has 0 aliphatic carbocycles. The number of amides is 1. The molecule has 8 heteroatoms. The molecule has 0 fully saturated rings. The van der Waals surface area contributed by atoms with Gasteiger partial charge in [-0.1, -0.05) is 46.4 Å². The van der Waals surface area contributed by atoms with Gasteiger partial charge in [0.1, 0.15) is 5.82 Å². The smallest absolute Gasteiger partial charge is 0.223 e. The number of rotatable bonds is 11. The number of fused-ring (bicyclic) bond motifs is 1. The molecule has 2 aromatic rings. The van der Waals surface area contributed by atoms with E-state index in [9.17, 15) is 4.79 Å². The molecule has 0 aromatic carbocycles. The van der Waals surface area contributed by atoms with E-state index in [0.717, 1.165) is 47.1 Å². The molecule has 0 spiro atoms. The highest BCUT2D eigenvalue weighted by Crippen LogP contribution is 2.24. The lowest BCUT2D eigenvalue weighted by molar-refractivity contribution is -0.125. The minimum absolute atomic E-state index is 0.0843. The maximum atomic E-state index is 12.2. The average molecular weight is 393 g/mol. The van der Waals surface area contributed by atoms with Crippen molar-refractivity contribution in [1.82, 2.24) is 25.1 Å². The first-order chi connectivity index (χ1) is 13.0. The molecule has 150 valence electrons. The fourth-order valence-electron chi connectivity index (χ4n) is 2.82. The van der Waals surface area contributed by atoms with Gasteiger partial charge < -0.3 is 10.6 Å². The minimum atomic E-state index is 0.0843. The zero-order valence-electron chi connectivity index (χ0n) is 17.1. The number of carbonyl (C=O) groups excluding carboxylic acids is 1. The van der Waals surface area contributed by atoms with Crippen LogP contribution in [0.25, 0.3) is 11.0 Å². The van der Waals surface area contributed by atoms with Gasteiger partial charge in [-0.05, 0) is 24.5 Å². The molecule has 7 nitrogen and oxygen atoms in total.